The van der Waals surface area contributed by atoms with Crippen LogP contribution >= 0.6 is 0 Å². The predicted octanol–water partition coefficient (Wildman–Crippen LogP) is 0.970. The van der Waals surface area contributed by atoms with E-state index in [-0.39, 0.29) is 18.6 Å². The first-order valence-electron chi connectivity index (χ1n) is 9.14. The summed E-state index contributed by atoms with van der Waals surface area (Å²) < 4.78 is 11.1. The lowest BCUT2D eigenvalue weighted by Crippen LogP contribution is -2.53. The summed E-state index contributed by atoms with van der Waals surface area (Å²) in [7, 11) is 1.78. The van der Waals surface area contributed by atoms with Gasteiger partial charge in [0.15, 0.2) is 0 Å². The number of methoxy groups -OCH3 is 1. The molecule has 1 aliphatic heterocycles. The molecule has 3 N–H and O–H groups in total. The van der Waals surface area contributed by atoms with Crippen LogP contribution in [0.3, 0.4) is 0 Å². The molecule has 5 unspecified atom stereocenters. The summed E-state index contributed by atoms with van der Waals surface area (Å²) in [6, 6.07) is 0.598. The van der Waals surface area contributed by atoms with Gasteiger partial charge < -0.3 is 14.8 Å². The molecule has 0 spiro atoms. The lowest BCUT2D eigenvalue weighted by Gasteiger charge is -2.33. The molecule has 3 rings (SSSR count). The molecule has 0 bridgehead atoms. The minimum absolute atomic E-state index is 0.0171. The third kappa shape index (κ3) is 4.66. The van der Waals surface area contributed by atoms with Crippen molar-refractivity contribution in [3.63, 3.8) is 0 Å². The second-order valence-corrected chi connectivity index (χ2v) is 7.32. The van der Waals surface area contributed by atoms with E-state index in [1.807, 2.05) is 0 Å². The molecule has 3 aliphatic rings. The highest BCUT2D eigenvalue weighted by Gasteiger charge is 2.37. The van der Waals surface area contributed by atoms with Crippen LogP contribution < -0.4 is 16.2 Å². The fraction of sp³-hybridized carbons (Fsp3) is 0.941. The number of fused-ring (bicyclic) bond motifs is 1. The molecule has 0 aromatic carbocycles. The van der Waals surface area contributed by atoms with Crippen molar-refractivity contribution in [2.75, 3.05) is 26.9 Å². The summed E-state index contributed by atoms with van der Waals surface area (Å²) in [6.07, 6.45) is 8.45. The van der Waals surface area contributed by atoms with E-state index in [9.17, 15) is 4.79 Å². The second kappa shape index (κ2) is 8.42. The van der Waals surface area contributed by atoms with E-state index >= 15 is 0 Å². The van der Waals surface area contributed by atoms with Crippen LogP contribution in [-0.4, -0.2) is 51.0 Å². The monoisotopic (exact) mass is 325 g/mol. The minimum atomic E-state index is 0.0171. The van der Waals surface area contributed by atoms with Gasteiger partial charge in [-0.1, -0.05) is 12.8 Å². The zero-order valence-electron chi connectivity index (χ0n) is 14.2. The Hall–Kier alpha value is -0.690. The third-order valence-corrected chi connectivity index (χ3v) is 5.67. The summed E-state index contributed by atoms with van der Waals surface area (Å²) in [5.74, 6) is 1.19. The van der Waals surface area contributed by atoms with E-state index in [0.29, 0.717) is 30.6 Å². The average molecular weight is 325 g/mol. The number of hydrogen-bond donors (Lipinski definition) is 3. The minimum Gasteiger partial charge on any atom is -0.381 e. The molecule has 1 saturated heterocycles. The zero-order valence-corrected chi connectivity index (χ0v) is 14.2. The van der Waals surface area contributed by atoms with E-state index in [4.69, 9.17) is 9.47 Å². The first-order valence-corrected chi connectivity index (χ1v) is 9.14. The van der Waals surface area contributed by atoms with Crippen LogP contribution in [0.2, 0.25) is 0 Å². The van der Waals surface area contributed by atoms with Crippen molar-refractivity contribution >= 4 is 5.91 Å². The Morgan fingerprint density at radius 3 is 2.96 bits per heavy atom. The topological polar surface area (TPSA) is 71.6 Å². The van der Waals surface area contributed by atoms with Crippen LogP contribution in [-0.2, 0) is 14.3 Å². The van der Waals surface area contributed by atoms with Gasteiger partial charge in [0.1, 0.15) is 6.61 Å². The molecule has 2 aliphatic carbocycles. The van der Waals surface area contributed by atoms with Gasteiger partial charge in [-0.25, -0.2) is 0 Å². The van der Waals surface area contributed by atoms with Gasteiger partial charge in [0.2, 0.25) is 5.91 Å². The molecule has 1 heterocycles. The molecule has 2 saturated carbocycles. The number of hydrogen-bond acceptors (Lipinski definition) is 5. The summed E-state index contributed by atoms with van der Waals surface area (Å²) in [4.78, 5) is 12.2. The van der Waals surface area contributed by atoms with Crippen molar-refractivity contribution in [1.82, 2.24) is 16.2 Å². The molecule has 1 amide bonds. The Bertz CT molecular complexity index is 393. The zero-order chi connectivity index (χ0) is 16.1. The number of carbonyl (C=O) groups is 1. The molecule has 132 valence electrons. The Morgan fingerprint density at radius 2 is 2.09 bits per heavy atom. The number of ether oxygens (including phenoxy) is 2. The second-order valence-electron chi connectivity index (χ2n) is 7.32. The van der Waals surface area contributed by atoms with Crippen molar-refractivity contribution in [3.05, 3.63) is 0 Å². The molecule has 0 aromatic rings. The fourth-order valence-electron chi connectivity index (χ4n) is 4.38. The quantitative estimate of drug-likeness (QED) is 0.679. The van der Waals surface area contributed by atoms with Gasteiger partial charge in [0, 0.05) is 25.7 Å². The highest BCUT2D eigenvalue weighted by molar-refractivity contribution is 5.77. The average Bonchev–Trinajstić information content (AvgIpc) is 3.05. The first-order chi connectivity index (χ1) is 11.3. The van der Waals surface area contributed by atoms with Crippen LogP contribution in [0.4, 0.5) is 0 Å². The number of rotatable bonds is 6. The van der Waals surface area contributed by atoms with Crippen molar-refractivity contribution in [2.24, 2.45) is 11.8 Å². The van der Waals surface area contributed by atoms with E-state index in [0.717, 1.165) is 25.8 Å². The molecule has 5 atom stereocenters. The summed E-state index contributed by atoms with van der Waals surface area (Å²) in [5.41, 5.74) is 6.53. The Kier molecular flexibility index (Phi) is 6.28. The maximum Gasteiger partial charge on any atom is 0.246 e. The molecule has 0 aromatic heterocycles. The number of nitrogens with one attached hydrogen (secondary N) is 3. The van der Waals surface area contributed by atoms with Crippen molar-refractivity contribution in [2.45, 2.75) is 63.1 Å². The number of carbonyl (C=O) groups excluding carboxylic acids is 1. The SMILES string of the molecule is COC1CCCC(COCC(=O)NC2CCCC3CNNC32)C1. The van der Waals surface area contributed by atoms with E-state index in [2.05, 4.69) is 16.2 Å². The summed E-state index contributed by atoms with van der Waals surface area (Å²) in [6.45, 7) is 1.86. The van der Waals surface area contributed by atoms with Crippen molar-refractivity contribution in [3.8, 4) is 0 Å². The first kappa shape index (κ1) is 17.1. The van der Waals surface area contributed by atoms with E-state index in [1.165, 1.54) is 25.7 Å². The molecular weight excluding hydrogens is 294 g/mol. The number of amides is 1. The van der Waals surface area contributed by atoms with Gasteiger partial charge in [-0.15, -0.1) is 0 Å². The van der Waals surface area contributed by atoms with E-state index in [1.54, 1.807) is 7.11 Å². The van der Waals surface area contributed by atoms with Gasteiger partial charge in [0.05, 0.1) is 12.7 Å². The largest absolute Gasteiger partial charge is 0.381 e. The van der Waals surface area contributed by atoms with Crippen LogP contribution in [0.5, 0.6) is 0 Å². The highest BCUT2D eigenvalue weighted by atomic mass is 16.5. The number of hydrazine groups is 1. The Morgan fingerprint density at radius 1 is 1.22 bits per heavy atom. The molecule has 3 fully saturated rings. The fourth-order valence-corrected chi connectivity index (χ4v) is 4.38. The van der Waals surface area contributed by atoms with Crippen LogP contribution in [0, 0.1) is 11.8 Å². The Labute approximate surface area is 139 Å². The van der Waals surface area contributed by atoms with Gasteiger partial charge in [0.25, 0.3) is 0 Å². The smallest absolute Gasteiger partial charge is 0.246 e. The van der Waals surface area contributed by atoms with Gasteiger partial charge in [-0.2, -0.15) is 0 Å². The van der Waals surface area contributed by atoms with Crippen molar-refractivity contribution < 1.29 is 14.3 Å². The van der Waals surface area contributed by atoms with Crippen LogP contribution in [0.1, 0.15) is 44.9 Å². The normalized spacial score (nSPS) is 37.3. The van der Waals surface area contributed by atoms with Crippen LogP contribution in [0.15, 0.2) is 0 Å². The summed E-state index contributed by atoms with van der Waals surface area (Å²) >= 11 is 0. The molecule has 6 nitrogen and oxygen atoms in total. The lowest BCUT2D eigenvalue weighted by atomic mass is 9.82. The predicted molar refractivity (Wildman–Crippen MR) is 87.8 cm³/mol. The molecule has 23 heavy (non-hydrogen) atoms. The standard InChI is InChI=1S/C17H31N3O3/c1-22-14-6-2-4-12(8-14)10-23-11-16(21)19-15-7-3-5-13-9-18-20-17(13)15/h12-15,17-18,20H,2-11H2,1H3,(H,19,21). The third-order valence-electron chi connectivity index (χ3n) is 5.67. The Balaban J connectivity index is 1.35. The van der Waals surface area contributed by atoms with Crippen molar-refractivity contribution in [1.29, 1.82) is 0 Å². The van der Waals surface area contributed by atoms with E-state index < -0.39 is 0 Å². The highest BCUT2D eigenvalue weighted by Crippen LogP contribution is 2.27. The van der Waals surface area contributed by atoms with Gasteiger partial charge in [-0.05, 0) is 43.9 Å². The summed E-state index contributed by atoms with van der Waals surface area (Å²) in [5, 5.41) is 3.16. The lowest BCUT2D eigenvalue weighted by molar-refractivity contribution is -0.127. The maximum absolute atomic E-state index is 12.2. The maximum atomic E-state index is 12.2. The van der Waals surface area contributed by atoms with Gasteiger partial charge >= 0.3 is 0 Å². The molecular formula is C17H31N3O3. The van der Waals surface area contributed by atoms with Gasteiger partial charge in [-0.3, -0.25) is 15.6 Å². The van der Waals surface area contributed by atoms with Crippen LogP contribution in [0.25, 0.3) is 0 Å². The molecule has 6 heteroatoms. The molecule has 0 radical (unpaired) electrons.